The molecule has 0 bridgehead atoms. The van der Waals surface area contributed by atoms with E-state index in [9.17, 15) is 19.4 Å². The van der Waals surface area contributed by atoms with Gasteiger partial charge in [-0.15, -0.1) is 0 Å². The summed E-state index contributed by atoms with van der Waals surface area (Å²) in [6.07, 6.45) is 0. The molecule has 0 aromatic heterocycles. The van der Waals surface area contributed by atoms with Crippen molar-refractivity contribution in [3.63, 3.8) is 0 Å². The predicted octanol–water partition coefficient (Wildman–Crippen LogP) is 2.07. The number of para-hydroxylation sites is 1. The normalized spacial score (nSPS) is 10.2. The number of hydrogen-bond acceptors (Lipinski definition) is 4. The third kappa shape index (κ3) is 2.57. The molecule has 0 heterocycles. The Balaban J connectivity index is 2.31. The van der Waals surface area contributed by atoms with Crippen LogP contribution in [0.5, 0.6) is 11.5 Å². The SMILES string of the molecule is Nc1ccc(F)c(NC(=O)c2cccc(O)c2O)c1. The maximum atomic E-state index is 13.4. The zero-order valence-electron chi connectivity index (χ0n) is 9.72. The molecule has 5 N–H and O–H groups in total. The molecule has 2 aromatic carbocycles. The summed E-state index contributed by atoms with van der Waals surface area (Å²) in [6, 6.07) is 7.65. The van der Waals surface area contributed by atoms with Crippen molar-refractivity contribution >= 4 is 17.3 Å². The van der Waals surface area contributed by atoms with E-state index in [0.29, 0.717) is 0 Å². The summed E-state index contributed by atoms with van der Waals surface area (Å²) in [4.78, 5) is 11.9. The minimum Gasteiger partial charge on any atom is -0.504 e. The van der Waals surface area contributed by atoms with Gasteiger partial charge in [-0.05, 0) is 30.3 Å². The molecule has 0 unspecified atom stereocenters. The standard InChI is InChI=1S/C13H11FN2O3/c14-9-5-4-7(15)6-10(9)16-13(19)8-2-1-3-11(17)12(8)18/h1-6,17-18H,15H2,(H,16,19). The highest BCUT2D eigenvalue weighted by Gasteiger charge is 2.15. The van der Waals surface area contributed by atoms with Crippen molar-refractivity contribution in [2.24, 2.45) is 0 Å². The van der Waals surface area contributed by atoms with Gasteiger partial charge in [0, 0.05) is 5.69 Å². The molecule has 0 aliphatic carbocycles. The summed E-state index contributed by atoms with van der Waals surface area (Å²) in [5, 5.41) is 21.1. The second kappa shape index (κ2) is 4.85. The van der Waals surface area contributed by atoms with Gasteiger partial charge < -0.3 is 21.3 Å². The summed E-state index contributed by atoms with van der Waals surface area (Å²) in [6.45, 7) is 0. The number of phenols is 2. The lowest BCUT2D eigenvalue weighted by atomic mass is 10.1. The van der Waals surface area contributed by atoms with Gasteiger partial charge in [-0.2, -0.15) is 0 Å². The Morgan fingerprint density at radius 3 is 2.68 bits per heavy atom. The van der Waals surface area contributed by atoms with Crippen molar-refractivity contribution in [3.8, 4) is 11.5 Å². The molecular formula is C13H11FN2O3. The monoisotopic (exact) mass is 262 g/mol. The van der Waals surface area contributed by atoms with E-state index in [0.717, 1.165) is 6.07 Å². The molecule has 6 heteroatoms. The lowest BCUT2D eigenvalue weighted by Gasteiger charge is -2.09. The highest BCUT2D eigenvalue weighted by Crippen LogP contribution is 2.29. The predicted molar refractivity (Wildman–Crippen MR) is 68.5 cm³/mol. The average Bonchev–Trinajstić information content (AvgIpc) is 2.37. The molecule has 0 fully saturated rings. The van der Waals surface area contributed by atoms with Crippen LogP contribution in [0.1, 0.15) is 10.4 Å². The van der Waals surface area contributed by atoms with Crippen LogP contribution in [0.15, 0.2) is 36.4 Å². The second-order valence-electron chi connectivity index (χ2n) is 3.87. The van der Waals surface area contributed by atoms with E-state index < -0.39 is 23.2 Å². The Hall–Kier alpha value is -2.76. The number of rotatable bonds is 2. The number of nitrogens with two attached hydrogens (primary N) is 1. The van der Waals surface area contributed by atoms with Crippen molar-refractivity contribution in [3.05, 3.63) is 47.8 Å². The number of amides is 1. The van der Waals surface area contributed by atoms with Crippen LogP contribution >= 0.6 is 0 Å². The van der Waals surface area contributed by atoms with Gasteiger partial charge >= 0.3 is 0 Å². The Morgan fingerprint density at radius 1 is 1.21 bits per heavy atom. The first kappa shape index (κ1) is 12.7. The fourth-order valence-electron chi connectivity index (χ4n) is 1.54. The first-order valence-electron chi connectivity index (χ1n) is 5.36. The van der Waals surface area contributed by atoms with E-state index in [2.05, 4.69) is 5.32 Å². The summed E-state index contributed by atoms with van der Waals surface area (Å²) < 4.78 is 13.4. The van der Waals surface area contributed by atoms with Gasteiger partial charge in [0.1, 0.15) is 5.82 Å². The number of carbonyl (C=O) groups excluding carboxylic acids is 1. The van der Waals surface area contributed by atoms with E-state index >= 15 is 0 Å². The number of anilines is 2. The molecule has 0 aliphatic rings. The van der Waals surface area contributed by atoms with Gasteiger partial charge in [-0.25, -0.2) is 4.39 Å². The fraction of sp³-hybridized carbons (Fsp3) is 0. The molecule has 0 spiro atoms. The van der Waals surface area contributed by atoms with Gasteiger partial charge in [0.15, 0.2) is 11.5 Å². The van der Waals surface area contributed by atoms with Gasteiger partial charge in [0.05, 0.1) is 11.3 Å². The minimum absolute atomic E-state index is 0.104. The molecule has 1 amide bonds. The van der Waals surface area contributed by atoms with Crippen LogP contribution in [0.2, 0.25) is 0 Å². The van der Waals surface area contributed by atoms with Gasteiger partial charge in [0.25, 0.3) is 5.91 Å². The molecule has 98 valence electrons. The maximum absolute atomic E-state index is 13.4. The molecule has 2 rings (SSSR count). The van der Waals surface area contributed by atoms with Crippen LogP contribution in [0.3, 0.4) is 0 Å². The van der Waals surface area contributed by atoms with E-state index in [4.69, 9.17) is 5.73 Å². The average molecular weight is 262 g/mol. The zero-order valence-corrected chi connectivity index (χ0v) is 9.72. The zero-order chi connectivity index (χ0) is 14.0. The van der Waals surface area contributed by atoms with Crippen molar-refractivity contribution in [1.82, 2.24) is 0 Å². The van der Waals surface area contributed by atoms with Gasteiger partial charge in [0.2, 0.25) is 0 Å². The van der Waals surface area contributed by atoms with Crippen molar-refractivity contribution in [1.29, 1.82) is 0 Å². The van der Waals surface area contributed by atoms with Gasteiger partial charge in [-0.1, -0.05) is 6.07 Å². The Labute approximate surface area is 108 Å². The minimum atomic E-state index is -0.752. The van der Waals surface area contributed by atoms with Crippen LogP contribution in [-0.2, 0) is 0 Å². The molecule has 19 heavy (non-hydrogen) atoms. The summed E-state index contributed by atoms with van der Waals surface area (Å²) >= 11 is 0. The molecular weight excluding hydrogens is 251 g/mol. The number of nitrogens with one attached hydrogen (secondary N) is 1. The summed E-state index contributed by atoms with van der Waals surface area (Å²) in [5.41, 5.74) is 5.51. The smallest absolute Gasteiger partial charge is 0.259 e. The molecule has 0 aliphatic heterocycles. The quantitative estimate of drug-likeness (QED) is 0.492. The first-order chi connectivity index (χ1) is 8.99. The highest BCUT2D eigenvalue weighted by atomic mass is 19.1. The molecule has 2 aromatic rings. The van der Waals surface area contributed by atoms with E-state index in [1.54, 1.807) is 0 Å². The van der Waals surface area contributed by atoms with Crippen molar-refractivity contribution in [2.75, 3.05) is 11.1 Å². The number of halogens is 1. The lowest BCUT2D eigenvalue weighted by molar-refractivity contribution is 0.102. The maximum Gasteiger partial charge on any atom is 0.259 e. The van der Waals surface area contributed by atoms with Gasteiger partial charge in [-0.3, -0.25) is 4.79 Å². The number of benzene rings is 2. The van der Waals surface area contributed by atoms with Crippen LogP contribution in [-0.4, -0.2) is 16.1 Å². The number of hydrogen-bond donors (Lipinski definition) is 4. The van der Waals surface area contributed by atoms with Crippen molar-refractivity contribution in [2.45, 2.75) is 0 Å². The Bertz CT molecular complexity index is 644. The number of carbonyl (C=O) groups is 1. The van der Waals surface area contributed by atoms with Crippen molar-refractivity contribution < 1.29 is 19.4 Å². The Kier molecular flexibility index (Phi) is 3.24. The number of phenolic OH excluding ortho intramolecular Hbond substituents is 2. The van der Waals surface area contributed by atoms with Crippen LogP contribution in [0.25, 0.3) is 0 Å². The topological polar surface area (TPSA) is 95.6 Å². The number of nitrogen functional groups attached to an aromatic ring is 1. The fourth-order valence-corrected chi connectivity index (χ4v) is 1.54. The van der Waals surface area contributed by atoms with Crippen LogP contribution in [0, 0.1) is 5.82 Å². The van der Waals surface area contributed by atoms with E-state index in [1.165, 1.54) is 30.3 Å². The molecule has 0 saturated heterocycles. The first-order valence-corrected chi connectivity index (χ1v) is 5.36. The molecule has 0 atom stereocenters. The highest BCUT2D eigenvalue weighted by molar-refractivity contribution is 6.06. The largest absolute Gasteiger partial charge is 0.504 e. The van der Waals surface area contributed by atoms with Crippen LogP contribution in [0.4, 0.5) is 15.8 Å². The summed E-state index contributed by atoms with van der Waals surface area (Å²) in [5.74, 6) is -2.40. The molecule has 0 radical (unpaired) electrons. The molecule has 5 nitrogen and oxygen atoms in total. The third-order valence-corrected chi connectivity index (χ3v) is 2.50. The molecule has 0 saturated carbocycles. The van der Waals surface area contributed by atoms with E-state index in [-0.39, 0.29) is 16.9 Å². The van der Waals surface area contributed by atoms with E-state index in [1.807, 2.05) is 0 Å². The Morgan fingerprint density at radius 2 is 1.95 bits per heavy atom. The summed E-state index contributed by atoms with van der Waals surface area (Å²) in [7, 11) is 0. The van der Waals surface area contributed by atoms with Crippen LogP contribution < -0.4 is 11.1 Å². The number of aromatic hydroxyl groups is 2. The lowest BCUT2D eigenvalue weighted by Crippen LogP contribution is -2.13. The third-order valence-electron chi connectivity index (χ3n) is 2.50. The second-order valence-corrected chi connectivity index (χ2v) is 3.87.